The van der Waals surface area contributed by atoms with E-state index in [4.69, 9.17) is 9.25 Å². The van der Waals surface area contributed by atoms with Crippen LogP contribution in [0, 0.1) is 5.92 Å². The number of fused-ring (bicyclic) bond motifs is 1. The molecule has 162 valence electrons. The van der Waals surface area contributed by atoms with Crippen molar-refractivity contribution in [1.82, 2.24) is 14.9 Å². The summed E-state index contributed by atoms with van der Waals surface area (Å²) in [5.41, 5.74) is 0.378. The van der Waals surface area contributed by atoms with E-state index >= 15 is 0 Å². The Morgan fingerprint density at radius 2 is 2.03 bits per heavy atom. The molecule has 0 saturated carbocycles. The third kappa shape index (κ3) is 5.14. The van der Waals surface area contributed by atoms with Crippen LogP contribution < -0.4 is 16.0 Å². The van der Waals surface area contributed by atoms with Gasteiger partial charge in [-0.1, -0.05) is 38.8 Å². The lowest BCUT2D eigenvalue weighted by molar-refractivity contribution is -0.134. The molecule has 1 fully saturated rings. The Bertz CT molecular complexity index is 1040. The van der Waals surface area contributed by atoms with Crippen LogP contribution in [0.2, 0.25) is 0 Å². The van der Waals surface area contributed by atoms with Crippen LogP contribution in [0.25, 0.3) is 11.1 Å². The molecule has 0 radical (unpaired) electrons. The van der Waals surface area contributed by atoms with E-state index in [2.05, 4.69) is 22.0 Å². The molecule has 1 amide bonds. The summed E-state index contributed by atoms with van der Waals surface area (Å²) in [5.74, 6) is 0.0911. The molecule has 1 aliphatic rings. The van der Waals surface area contributed by atoms with Crippen molar-refractivity contribution >= 4 is 22.7 Å². The molecule has 9 heteroatoms. The van der Waals surface area contributed by atoms with E-state index in [0.29, 0.717) is 37.9 Å². The highest BCUT2D eigenvalue weighted by Gasteiger charge is 2.22. The lowest BCUT2D eigenvalue weighted by Gasteiger charge is -2.28. The second kappa shape index (κ2) is 9.69. The summed E-state index contributed by atoms with van der Waals surface area (Å²) in [5, 5.41) is 4.34. The Labute approximate surface area is 174 Å². The lowest BCUT2D eigenvalue weighted by atomic mass is 10.1. The van der Waals surface area contributed by atoms with Crippen LogP contribution in [-0.4, -0.2) is 39.6 Å². The van der Waals surface area contributed by atoms with Gasteiger partial charge in [0.1, 0.15) is 5.39 Å². The molecular weight excluding hydrogens is 388 g/mol. The van der Waals surface area contributed by atoms with Crippen LogP contribution in [0.1, 0.15) is 58.4 Å². The zero-order valence-electron chi connectivity index (χ0n) is 17.7. The van der Waals surface area contributed by atoms with Gasteiger partial charge in [0, 0.05) is 37.9 Å². The number of carbonyl (C=O) groups excluding carboxylic acids is 1. The normalized spacial score (nSPS) is 14.4. The number of nitrogens with one attached hydrogen (secondary N) is 1. The van der Waals surface area contributed by atoms with E-state index in [1.165, 1.54) is 6.07 Å². The zero-order chi connectivity index (χ0) is 21.7. The fourth-order valence-corrected chi connectivity index (χ4v) is 3.48. The molecule has 0 aliphatic carbocycles. The number of piperidine rings is 1. The minimum absolute atomic E-state index is 0.0341. The summed E-state index contributed by atoms with van der Waals surface area (Å²) in [6.45, 7) is 7.01. The number of aromatic amines is 1. The van der Waals surface area contributed by atoms with E-state index in [1.807, 2.05) is 18.7 Å². The number of likely N-dealkylation sites (tertiary alicyclic amines) is 1. The number of hydrogen-bond acceptors (Lipinski definition) is 7. The van der Waals surface area contributed by atoms with Crippen LogP contribution in [0.15, 0.2) is 25.2 Å². The summed E-state index contributed by atoms with van der Waals surface area (Å²) in [4.78, 5) is 50.3. The Balaban J connectivity index is 1.75. The number of aromatic nitrogens is 2. The summed E-state index contributed by atoms with van der Waals surface area (Å²) >= 11 is 0. The number of H-pyrrole nitrogens is 1. The van der Waals surface area contributed by atoms with Crippen molar-refractivity contribution < 1.29 is 14.0 Å². The van der Waals surface area contributed by atoms with Gasteiger partial charge in [0.05, 0.1) is 5.71 Å². The minimum Gasteiger partial charge on any atom is -0.403 e. The Hall–Kier alpha value is -2.97. The van der Waals surface area contributed by atoms with Crippen molar-refractivity contribution in [2.45, 2.75) is 59.3 Å². The first kappa shape index (κ1) is 21.7. The molecule has 0 atom stereocenters. The van der Waals surface area contributed by atoms with Gasteiger partial charge in [-0.25, -0.2) is 4.79 Å². The van der Waals surface area contributed by atoms with Gasteiger partial charge >= 0.3 is 11.6 Å². The molecule has 2 aromatic rings. The van der Waals surface area contributed by atoms with E-state index in [9.17, 15) is 14.4 Å². The van der Waals surface area contributed by atoms with Crippen molar-refractivity contribution in [3.8, 4) is 6.01 Å². The highest BCUT2D eigenvalue weighted by atomic mass is 16.6. The predicted octanol–water partition coefficient (Wildman–Crippen LogP) is 2.62. The molecule has 3 rings (SSSR count). The molecule has 2 aromatic heterocycles. The van der Waals surface area contributed by atoms with Gasteiger partial charge in [0.15, 0.2) is 0 Å². The smallest absolute Gasteiger partial charge is 0.337 e. The van der Waals surface area contributed by atoms with E-state index in [1.54, 1.807) is 0 Å². The quantitative estimate of drug-likeness (QED) is 0.548. The van der Waals surface area contributed by atoms with Crippen molar-refractivity contribution in [3.05, 3.63) is 32.4 Å². The van der Waals surface area contributed by atoms with Gasteiger partial charge in [-0.3, -0.25) is 14.6 Å². The monoisotopic (exact) mass is 416 g/mol. The van der Waals surface area contributed by atoms with Crippen LogP contribution in [0.5, 0.6) is 6.01 Å². The van der Waals surface area contributed by atoms with Crippen molar-refractivity contribution in [1.29, 1.82) is 0 Å². The third-order valence-corrected chi connectivity index (χ3v) is 5.13. The number of amides is 1. The van der Waals surface area contributed by atoms with Crippen molar-refractivity contribution in [3.63, 3.8) is 0 Å². The first-order valence-corrected chi connectivity index (χ1v) is 10.5. The molecule has 1 N–H and O–H groups in total. The summed E-state index contributed by atoms with van der Waals surface area (Å²) < 4.78 is 5.13. The van der Waals surface area contributed by atoms with E-state index < -0.39 is 11.2 Å². The average Bonchev–Trinajstić information content (AvgIpc) is 2.71. The molecule has 0 spiro atoms. The number of unbranched alkanes of at least 4 members (excludes halogenated alkanes) is 2. The zero-order valence-corrected chi connectivity index (χ0v) is 17.7. The second-order valence-corrected chi connectivity index (χ2v) is 7.83. The Kier molecular flexibility index (Phi) is 7.02. The van der Waals surface area contributed by atoms with E-state index in [0.717, 1.165) is 25.0 Å². The summed E-state index contributed by atoms with van der Waals surface area (Å²) in [6.07, 6.45) is 4.70. The molecule has 1 aliphatic heterocycles. The molecule has 1 saturated heterocycles. The van der Waals surface area contributed by atoms with E-state index in [-0.39, 0.29) is 28.9 Å². The highest BCUT2D eigenvalue weighted by Crippen LogP contribution is 2.16. The summed E-state index contributed by atoms with van der Waals surface area (Å²) in [6, 6.07) is 1.22. The molecule has 0 aromatic carbocycles. The fourth-order valence-electron chi connectivity index (χ4n) is 3.48. The molecular formula is C21H28N4O5. The van der Waals surface area contributed by atoms with Gasteiger partial charge in [-0.2, -0.15) is 4.98 Å². The SMILES string of the molecule is CCCCCc1cc(=O)oc2nc(ON=C3CCN(C(=O)C(C)C)CC3)[nH]c(=O)c12. The standard InChI is InChI=1S/C21H28N4O5/c1-4-5-6-7-14-12-16(26)29-19-17(14)18(27)22-21(23-19)30-24-15-8-10-25(11-9-15)20(28)13(2)3/h12-13H,4-11H2,1-3H3,(H,22,23,27). The fraction of sp³-hybridized carbons (Fsp3) is 0.571. The number of carbonyl (C=O) groups is 1. The number of rotatable bonds is 7. The second-order valence-electron chi connectivity index (χ2n) is 7.83. The maximum atomic E-state index is 12.6. The first-order chi connectivity index (χ1) is 14.4. The average molecular weight is 416 g/mol. The predicted molar refractivity (Wildman–Crippen MR) is 113 cm³/mol. The third-order valence-electron chi connectivity index (χ3n) is 5.13. The van der Waals surface area contributed by atoms with Gasteiger partial charge in [0.25, 0.3) is 5.56 Å². The van der Waals surface area contributed by atoms with Gasteiger partial charge in [-0.05, 0) is 18.4 Å². The lowest BCUT2D eigenvalue weighted by Crippen LogP contribution is -2.40. The number of nitrogens with zero attached hydrogens (tertiary/aromatic N) is 3. The Morgan fingerprint density at radius 3 is 2.70 bits per heavy atom. The topological polar surface area (TPSA) is 118 Å². The van der Waals surface area contributed by atoms with Crippen LogP contribution >= 0.6 is 0 Å². The van der Waals surface area contributed by atoms with Crippen LogP contribution in [-0.2, 0) is 11.2 Å². The highest BCUT2D eigenvalue weighted by molar-refractivity contribution is 5.87. The van der Waals surface area contributed by atoms with Gasteiger partial charge < -0.3 is 14.2 Å². The molecule has 0 unspecified atom stereocenters. The summed E-state index contributed by atoms with van der Waals surface area (Å²) in [7, 11) is 0. The first-order valence-electron chi connectivity index (χ1n) is 10.5. The largest absolute Gasteiger partial charge is 0.403 e. The number of aryl methyl sites for hydroxylation is 1. The van der Waals surface area contributed by atoms with Gasteiger partial charge in [-0.15, -0.1) is 0 Å². The number of oxime groups is 1. The maximum absolute atomic E-state index is 12.6. The molecule has 3 heterocycles. The van der Waals surface area contributed by atoms with Crippen LogP contribution in [0.4, 0.5) is 0 Å². The Morgan fingerprint density at radius 1 is 1.30 bits per heavy atom. The molecule has 30 heavy (non-hydrogen) atoms. The van der Waals surface area contributed by atoms with Crippen molar-refractivity contribution in [2.75, 3.05) is 13.1 Å². The van der Waals surface area contributed by atoms with Crippen molar-refractivity contribution in [2.24, 2.45) is 11.1 Å². The number of hydrogen-bond donors (Lipinski definition) is 1. The van der Waals surface area contributed by atoms with Gasteiger partial charge in [0.2, 0.25) is 11.6 Å². The maximum Gasteiger partial charge on any atom is 0.337 e. The minimum atomic E-state index is -0.549. The molecule has 9 nitrogen and oxygen atoms in total. The van der Waals surface area contributed by atoms with Crippen LogP contribution in [0.3, 0.4) is 0 Å². The molecule has 0 bridgehead atoms.